The highest BCUT2D eigenvalue weighted by molar-refractivity contribution is 5.85. The van der Waals surface area contributed by atoms with E-state index in [0.29, 0.717) is 17.7 Å². The van der Waals surface area contributed by atoms with Gasteiger partial charge in [0, 0.05) is 18.8 Å². The maximum Gasteiger partial charge on any atom is 0.408 e. The van der Waals surface area contributed by atoms with Gasteiger partial charge in [0.1, 0.15) is 54.5 Å². The molecule has 0 spiro atoms. The summed E-state index contributed by atoms with van der Waals surface area (Å²) in [6, 6.07) is 14.6. The predicted octanol–water partition coefficient (Wildman–Crippen LogP) is 1.19. The molecule has 312 valence electrons. The number of carbonyl (C=O) groups is 3. The molecule has 17 nitrogen and oxygen atoms in total. The van der Waals surface area contributed by atoms with Gasteiger partial charge in [-0.25, -0.2) is 9.59 Å². The Morgan fingerprint density at radius 3 is 2.25 bits per heavy atom. The predicted molar refractivity (Wildman–Crippen MR) is 207 cm³/mol. The number of ether oxygens (including phenoxy) is 4. The van der Waals surface area contributed by atoms with E-state index in [1.165, 1.54) is 7.11 Å². The number of aromatic nitrogens is 2. The van der Waals surface area contributed by atoms with E-state index in [1.807, 2.05) is 44.2 Å². The molecule has 57 heavy (non-hydrogen) atoms. The first-order chi connectivity index (χ1) is 27.0. The smallest absolute Gasteiger partial charge is 0.408 e. The van der Waals surface area contributed by atoms with Gasteiger partial charge in [0.05, 0.1) is 13.7 Å². The summed E-state index contributed by atoms with van der Waals surface area (Å²) in [5.41, 5.74) is -1.01. The minimum atomic E-state index is -1.80. The summed E-state index contributed by atoms with van der Waals surface area (Å²) in [6.45, 7) is 8.85. The molecule has 3 aromatic rings. The summed E-state index contributed by atoms with van der Waals surface area (Å²) < 4.78 is 23.7. The lowest BCUT2D eigenvalue weighted by atomic mass is 9.99. The Morgan fingerprint density at radius 2 is 1.61 bits per heavy atom. The van der Waals surface area contributed by atoms with Crippen LogP contribution in [0.3, 0.4) is 0 Å². The normalized spacial score (nSPS) is 19.7. The minimum absolute atomic E-state index is 0.0416. The van der Waals surface area contributed by atoms with E-state index in [1.54, 1.807) is 45.0 Å². The quantitative estimate of drug-likeness (QED) is 0.0787. The van der Waals surface area contributed by atoms with Crippen molar-refractivity contribution in [2.75, 3.05) is 20.2 Å². The Bertz CT molecular complexity index is 1890. The van der Waals surface area contributed by atoms with Crippen LogP contribution in [0.25, 0.3) is 0 Å². The van der Waals surface area contributed by atoms with Crippen molar-refractivity contribution in [2.24, 2.45) is 5.92 Å². The summed E-state index contributed by atoms with van der Waals surface area (Å²) in [5, 5.41) is 41.9. The first-order valence-electron chi connectivity index (χ1n) is 18.8. The molecule has 2 heterocycles. The summed E-state index contributed by atoms with van der Waals surface area (Å²) in [7, 11) is 1.51. The van der Waals surface area contributed by atoms with Gasteiger partial charge in [0.2, 0.25) is 5.91 Å². The van der Waals surface area contributed by atoms with Gasteiger partial charge >= 0.3 is 17.8 Å². The lowest BCUT2D eigenvalue weighted by Gasteiger charge is -2.31. The number of alkyl carbamates (subject to hydrolysis) is 1. The molecule has 0 saturated carbocycles. The van der Waals surface area contributed by atoms with Crippen LogP contribution in [0.4, 0.5) is 4.79 Å². The topological polar surface area (TPSA) is 229 Å². The van der Waals surface area contributed by atoms with Crippen molar-refractivity contribution < 1.29 is 48.7 Å². The van der Waals surface area contributed by atoms with Gasteiger partial charge in [-0.1, -0.05) is 56.3 Å². The second kappa shape index (κ2) is 20.4. The van der Waals surface area contributed by atoms with Gasteiger partial charge in [-0.05, 0) is 69.3 Å². The molecule has 0 bridgehead atoms. The van der Waals surface area contributed by atoms with Crippen LogP contribution in [0.1, 0.15) is 64.8 Å². The minimum Gasteiger partial charge on any atom is -0.497 e. The van der Waals surface area contributed by atoms with Crippen LogP contribution in [-0.2, 0) is 37.0 Å². The molecular formula is C40H55N5O12. The van der Waals surface area contributed by atoms with Crippen molar-refractivity contribution in [3.63, 3.8) is 0 Å². The van der Waals surface area contributed by atoms with E-state index < -0.39 is 77.5 Å². The molecule has 2 amide bonds. The molecule has 0 radical (unpaired) electrons. The molecular weight excluding hydrogens is 742 g/mol. The van der Waals surface area contributed by atoms with Gasteiger partial charge in [-0.3, -0.25) is 23.5 Å². The number of nitrogens with one attached hydrogen (secondary N) is 3. The lowest BCUT2D eigenvalue weighted by Crippen LogP contribution is -2.56. The Balaban J connectivity index is 1.40. The molecule has 1 saturated heterocycles. The highest BCUT2D eigenvalue weighted by atomic mass is 16.6. The van der Waals surface area contributed by atoms with Crippen LogP contribution in [0.15, 0.2) is 76.4 Å². The number of nitrogens with zero attached hydrogens (tertiary/aromatic N) is 2. The number of methoxy groups -OCH3 is 1. The second-order valence-corrected chi connectivity index (χ2v) is 15.2. The van der Waals surface area contributed by atoms with Gasteiger partial charge < -0.3 is 50.2 Å². The van der Waals surface area contributed by atoms with Crippen LogP contribution in [0, 0.1) is 5.92 Å². The Labute approximate surface area is 330 Å². The van der Waals surface area contributed by atoms with Gasteiger partial charge in [0.15, 0.2) is 6.23 Å². The average molecular weight is 798 g/mol. The molecule has 17 heteroatoms. The Kier molecular flexibility index (Phi) is 16.0. The molecule has 1 aromatic heterocycles. The molecule has 0 aliphatic carbocycles. The third-order valence-corrected chi connectivity index (χ3v) is 9.03. The summed E-state index contributed by atoms with van der Waals surface area (Å²) in [5.74, 6) is -0.656. The fraction of sp³-hybridized carbons (Fsp3) is 0.525. The monoisotopic (exact) mass is 797 g/mol. The standard InChI is InChI=1S/C40H55N5O12/c1-24(2)21-28(43-38(52)55-23-26-11-8-7-9-12-26)35(50)42-19-10-18-41-30(37(51)57-40(3,4)5)31(47)34-32(48)33(49)36(56-34)44-20-17-29(46)45(39(44)53)22-25-13-15-27(54-6)16-14-25/h7-9,11-17,20,24,28,30-34,36,41,47-49H,10,18-19,21-23H2,1-6H3,(H,42,50)(H,43,52)/t28-,30-,31+,32-,33+,34?,36+/m0/s1. The van der Waals surface area contributed by atoms with Crippen molar-refractivity contribution in [1.29, 1.82) is 0 Å². The zero-order valence-electron chi connectivity index (χ0n) is 33.1. The zero-order chi connectivity index (χ0) is 41.9. The van der Waals surface area contributed by atoms with E-state index >= 15 is 0 Å². The molecule has 6 N–H and O–H groups in total. The van der Waals surface area contributed by atoms with Crippen LogP contribution in [-0.4, -0.2) is 105 Å². The van der Waals surface area contributed by atoms with E-state index in [4.69, 9.17) is 18.9 Å². The molecule has 1 aliphatic rings. The van der Waals surface area contributed by atoms with Crippen LogP contribution in [0.2, 0.25) is 0 Å². The second-order valence-electron chi connectivity index (χ2n) is 15.2. The summed E-state index contributed by atoms with van der Waals surface area (Å²) in [6.07, 6.45) is -7.44. The fourth-order valence-electron chi connectivity index (χ4n) is 6.17. The van der Waals surface area contributed by atoms with Crippen molar-refractivity contribution in [3.05, 3.63) is 98.8 Å². The molecule has 2 aromatic carbocycles. The summed E-state index contributed by atoms with van der Waals surface area (Å²) >= 11 is 0. The molecule has 1 fully saturated rings. The van der Waals surface area contributed by atoms with E-state index in [2.05, 4.69) is 16.0 Å². The fourth-order valence-corrected chi connectivity index (χ4v) is 6.17. The number of esters is 1. The van der Waals surface area contributed by atoms with Crippen LogP contribution in [0.5, 0.6) is 5.75 Å². The number of benzene rings is 2. The van der Waals surface area contributed by atoms with E-state index in [-0.39, 0.29) is 38.6 Å². The van der Waals surface area contributed by atoms with E-state index in [9.17, 15) is 39.3 Å². The third kappa shape index (κ3) is 12.7. The van der Waals surface area contributed by atoms with Crippen LogP contribution < -0.4 is 31.9 Å². The molecule has 4 rings (SSSR count). The van der Waals surface area contributed by atoms with Crippen molar-refractivity contribution in [1.82, 2.24) is 25.1 Å². The van der Waals surface area contributed by atoms with Gasteiger partial charge in [0.25, 0.3) is 5.56 Å². The Morgan fingerprint density at radius 1 is 0.930 bits per heavy atom. The highest BCUT2D eigenvalue weighted by Crippen LogP contribution is 2.31. The number of aliphatic hydroxyl groups excluding tert-OH is 3. The van der Waals surface area contributed by atoms with E-state index in [0.717, 1.165) is 27.0 Å². The van der Waals surface area contributed by atoms with Crippen molar-refractivity contribution in [2.45, 2.75) is 109 Å². The Hall–Kier alpha value is -5.07. The van der Waals surface area contributed by atoms with Crippen molar-refractivity contribution >= 4 is 18.0 Å². The van der Waals surface area contributed by atoms with Gasteiger partial charge in [-0.2, -0.15) is 0 Å². The molecule has 1 aliphatic heterocycles. The zero-order valence-corrected chi connectivity index (χ0v) is 33.1. The highest BCUT2D eigenvalue weighted by Gasteiger charge is 2.50. The average Bonchev–Trinajstić information content (AvgIpc) is 3.45. The number of hydrogen-bond acceptors (Lipinski definition) is 13. The maximum absolute atomic E-state index is 13.5. The lowest BCUT2D eigenvalue weighted by molar-refractivity contribution is -0.166. The molecule has 1 unspecified atom stereocenters. The SMILES string of the molecule is COc1ccc(Cn2c(=O)ccn([C@@H]3OC([C@H](O)[C@H](NCCCNC(=O)[C@H](CC(C)C)NC(=O)OCc4ccccc4)C(=O)OC(C)(C)C)[C@@H](O)[C@H]3O)c2=O)cc1. The number of rotatable bonds is 18. The number of aliphatic hydroxyl groups is 3. The van der Waals surface area contributed by atoms with Crippen LogP contribution >= 0.6 is 0 Å². The summed E-state index contributed by atoms with van der Waals surface area (Å²) in [4.78, 5) is 65.3. The van der Waals surface area contributed by atoms with Gasteiger partial charge in [-0.15, -0.1) is 0 Å². The first-order valence-corrected chi connectivity index (χ1v) is 18.8. The number of hydrogen-bond donors (Lipinski definition) is 6. The third-order valence-electron chi connectivity index (χ3n) is 9.03. The maximum atomic E-state index is 13.5. The van der Waals surface area contributed by atoms with Crippen molar-refractivity contribution in [3.8, 4) is 5.75 Å². The first kappa shape index (κ1) is 44.6. The number of amides is 2. The number of carbonyl (C=O) groups excluding carboxylic acids is 3. The largest absolute Gasteiger partial charge is 0.497 e. The molecule has 7 atom stereocenters.